The van der Waals surface area contributed by atoms with Gasteiger partial charge in [-0.05, 0) is 23.1 Å². The first-order chi connectivity index (χ1) is 9.38. The van der Waals surface area contributed by atoms with Crippen molar-refractivity contribution in [2.45, 2.75) is 19.0 Å². The van der Waals surface area contributed by atoms with Crippen LogP contribution >= 0.6 is 0 Å². The van der Waals surface area contributed by atoms with E-state index < -0.39 is 0 Å². The van der Waals surface area contributed by atoms with Gasteiger partial charge in [0.15, 0.2) is 0 Å². The summed E-state index contributed by atoms with van der Waals surface area (Å²) in [6, 6.07) is 19.7. The third kappa shape index (κ3) is 2.47. The Bertz CT molecular complexity index is 559. The van der Waals surface area contributed by atoms with E-state index in [2.05, 4.69) is 72.2 Å². The summed E-state index contributed by atoms with van der Waals surface area (Å²) in [5.41, 5.74) is 4.28. The van der Waals surface area contributed by atoms with Gasteiger partial charge in [0.05, 0.1) is 6.04 Å². The van der Waals surface area contributed by atoms with Gasteiger partial charge in [0.2, 0.25) is 0 Å². The number of hydrogen-bond donors (Lipinski definition) is 0. The number of nitrogens with zero attached hydrogens (tertiary/aromatic N) is 1. The summed E-state index contributed by atoms with van der Waals surface area (Å²) in [4.78, 5) is 2.50. The van der Waals surface area contributed by atoms with E-state index in [4.69, 9.17) is 0 Å². The molecule has 0 bridgehead atoms. The maximum atomic E-state index is 4.03. The molecule has 1 nitrogen and oxygen atoms in total. The van der Waals surface area contributed by atoms with Crippen LogP contribution in [0.25, 0.3) is 0 Å². The molecule has 2 aromatic carbocycles. The number of rotatable bonds is 3. The minimum absolute atomic E-state index is 0.314. The summed E-state index contributed by atoms with van der Waals surface area (Å²) in [6.45, 7) is 6.14. The molecule has 19 heavy (non-hydrogen) atoms. The lowest BCUT2D eigenvalue weighted by Crippen LogP contribution is -2.33. The van der Waals surface area contributed by atoms with Gasteiger partial charge in [-0.25, -0.2) is 0 Å². The van der Waals surface area contributed by atoms with Crippen molar-refractivity contribution in [1.29, 1.82) is 0 Å². The zero-order valence-electron chi connectivity index (χ0n) is 11.1. The average molecular weight is 249 g/mol. The van der Waals surface area contributed by atoms with Gasteiger partial charge in [-0.2, -0.15) is 0 Å². The maximum absolute atomic E-state index is 4.03. The fourth-order valence-electron chi connectivity index (χ4n) is 2.90. The second kappa shape index (κ2) is 5.41. The first-order valence-corrected chi connectivity index (χ1v) is 6.87. The van der Waals surface area contributed by atoms with Crippen LogP contribution in [0.4, 0.5) is 0 Å². The van der Waals surface area contributed by atoms with E-state index in [0.29, 0.717) is 6.04 Å². The van der Waals surface area contributed by atoms with Gasteiger partial charge in [-0.3, -0.25) is 4.90 Å². The Morgan fingerprint density at radius 2 is 1.63 bits per heavy atom. The minimum Gasteiger partial charge on any atom is -0.288 e. The van der Waals surface area contributed by atoms with Crippen molar-refractivity contribution in [1.82, 2.24) is 4.90 Å². The highest BCUT2D eigenvalue weighted by molar-refractivity contribution is 5.31. The van der Waals surface area contributed by atoms with Crippen LogP contribution < -0.4 is 0 Å². The lowest BCUT2D eigenvalue weighted by atomic mass is 9.96. The van der Waals surface area contributed by atoms with Crippen LogP contribution in [0, 0.1) is 0 Å². The summed E-state index contributed by atoms with van der Waals surface area (Å²) in [6.07, 6.45) is 3.19. The summed E-state index contributed by atoms with van der Waals surface area (Å²) in [7, 11) is 0. The van der Waals surface area contributed by atoms with Gasteiger partial charge in [-0.15, -0.1) is 6.58 Å². The molecule has 0 amide bonds. The van der Waals surface area contributed by atoms with Crippen LogP contribution in [0.15, 0.2) is 67.3 Å². The van der Waals surface area contributed by atoms with E-state index in [9.17, 15) is 0 Å². The van der Waals surface area contributed by atoms with Crippen molar-refractivity contribution in [3.8, 4) is 0 Å². The van der Waals surface area contributed by atoms with Gasteiger partial charge >= 0.3 is 0 Å². The first kappa shape index (κ1) is 12.2. The van der Waals surface area contributed by atoms with Crippen molar-refractivity contribution in [3.63, 3.8) is 0 Å². The largest absolute Gasteiger partial charge is 0.288 e. The molecule has 0 aliphatic carbocycles. The van der Waals surface area contributed by atoms with Crippen LogP contribution in [-0.2, 0) is 13.0 Å². The molecular formula is C18H19N. The zero-order valence-corrected chi connectivity index (χ0v) is 11.1. The Labute approximate surface area is 115 Å². The van der Waals surface area contributed by atoms with Gasteiger partial charge in [-0.1, -0.05) is 60.7 Å². The topological polar surface area (TPSA) is 3.24 Å². The molecule has 3 rings (SSSR count). The van der Waals surface area contributed by atoms with Crippen molar-refractivity contribution >= 4 is 0 Å². The van der Waals surface area contributed by atoms with E-state index in [1.165, 1.54) is 16.7 Å². The Hall–Kier alpha value is -1.86. The second-order valence-electron chi connectivity index (χ2n) is 5.08. The molecule has 1 aliphatic heterocycles. The smallest absolute Gasteiger partial charge is 0.0532 e. The van der Waals surface area contributed by atoms with Crippen molar-refractivity contribution in [2.75, 3.05) is 6.54 Å². The van der Waals surface area contributed by atoms with Gasteiger partial charge in [0.1, 0.15) is 0 Å². The molecule has 96 valence electrons. The maximum Gasteiger partial charge on any atom is 0.0532 e. The van der Waals surface area contributed by atoms with E-state index in [0.717, 1.165) is 19.5 Å². The fraction of sp³-hybridized carbons (Fsp3) is 0.222. The summed E-state index contributed by atoms with van der Waals surface area (Å²) >= 11 is 0. The molecule has 0 saturated carbocycles. The van der Waals surface area contributed by atoms with E-state index in [-0.39, 0.29) is 0 Å². The van der Waals surface area contributed by atoms with Gasteiger partial charge < -0.3 is 0 Å². The normalized spacial score (nSPS) is 16.6. The third-order valence-electron chi connectivity index (χ3n) is 3.92. The Morgan fingerprint density at radius 3 is 2.37 bits per heavy atom. The standard InChI is InChI=1S/C18H19N/c1-2-18(16-9-4-3-5-10-16)19-13-12-15-8-6-7-11-17(15)14-19/h2-11,18H,1,12-14H2. The van der Waals surface area contributed by atoms with Crippen molar-refractivity contribution in [2.24, 2.45) is 0 Å². The Morgan fingerprint density at radius 1 is 0.947 bits per heavy atom. The predicted octanol–water partition coefficient (Wildman–Crippen LogP) is 3.97. The summed E-state index contributed by atoms with van der Waals surface area (Å²) in [5.74, 6) is 0. The molecule has 1 aliphatic rings. The van der Waals surface area contributed by atoms with Crippen molar-refractivity contribution < 1.29 is 0 Å². The molecule has 1 unspecified atom stereocenters. The lowest BCUT2D eigenvalue weighted by molar-refractivity contribution is 0.212. The molecule has 1 heterocycles. The SMILES string of the molecule is C=CC(c1ccccc1)N1CCc2ccccc2C1. The van der Waals surface area contributed by atoms with E-state index >= 15 is 0 Å². The lowest BCUT2D eigenvalue weighted by Gasteiger charge is -2.34. The van der Waals surface area contributed by atoms with E-state index in [1.54, 1.807) is 0 Å². The zero-order chi connectivity index (χ0) is 13.1. The fourth-order valence-corrected chi connectivity index (χ4v) is 2.90. The van der Waals surface area contributed by atoms with Crippen LogP contribution in [0.1, 0.15) is 22.7 Å². The Kier molecular flexibility index (Phi) is 3.47. The Balaban J connectivity index is 1.85. The number of hydrogen-bond acceptors (Lipinski definition) is 1. The molecule has 1 atom stereocenters. The monoisotopic (exact) mass is 249 g/mol. The van der Waals surface area contributed by atoms with Crippen LogP contribution in [0.5, 0.6) is 0 Å². The molecular weight excluding hydrogens is 230 g/mol. The molecule has 0 aromatic heterocycles. The number of benzene rings is 2. The van der Waals surface area contributed by atoms with Crippen molar-refractivity contribution in [3.05, 3.63) is 83.9 Å². The molecule has 0 fully saturated rings. The molecule has 0 radical (unpaired) electrons. The van der Waals surface area contributed by atoms with Gasteiger partial charge in [0.25, 0.3) is 0 Å². The number of fused-ring (bicyclic) bond motifs is 1. The van der Waals surface area contributed by atoms with Crippen LogP contribution in [0.3, 0.4) is 0 Å². The third-order valence-corrected chi connectivity index (χ3v) is 3.92. The van der Waals surface area contributed by atoms with Crippen LogP contribution in [-0.4, -0.2) is 11.4 Å². The van der Waals surface area contributed by atoms with E-state index in [1.807, 2.05) is 0 Å². The van der Waals surface area contributed by atoms with Crippen LogP contribution in [0.2, 0.25) is 0 Å². The molecule has 1 heteroatoms. The quantitative estimate of drug-likeness (QED) is 0.744. The molecule has 2 aromatic rings. The summed E-state index contributed by atoms with van der Waals surface area (Å²) in [5, 5.41) is 0. The highest BCUT2D eigenvalue weighted by Gasteiger charge is 2.22. The molecule has 0 saturated heterocycles. The summed E-state index contributed by atoms with van der Waals surface area (Å²) < 4.78 is 0. The second-order valence-corrected chi connectivity index (χ2v) is 5.08. The molecule has 0 N–H and O–H groups in total. The molecule has 0 spiro atoms. The average Bonchev–Trinajstić information content (AvgIpc) is 2.49. The highest BCUT2D eigenvalue weighted by Crippen LogP contribution is 2.28. The first-order valence-electron chi connectivity index (χ1n) is 6.87. The predicted molar refractivity (Wildman–Crippen MR) is 79.9 cm³/mol. The van der Waals surface area contributed by atoms with Gasteiger partial charge in [0, 0.05) is 13.1 Å². The highest BCUT2D eigenvalue weighted by atomic mass is 15.2. The minimum atomic E-state index is 0.314.